The minimum atomic E-state index is 0.237. The molecule has 5 aromatic rings. The van der Waals surface area contributed by atoms with Gasteiger partial charge in [-0.05, 0) is 48.0 Å². The van der Waals surface area contributed by atoms with Gasteiger partial charge in [-0.3, -0.25) is 0 Å². The molecule has 0 atom stereocenters. The Morgan fingerprint density at radius 3 is 2.65 bits per heavy atom. The van der Waals surface area contributed by atoms with Gasteiger partial charge in [0.15, 0.2) is 23.0 Å². The molecule has 9 heteroatoms. The van der Waals surface area contributed by atoms with Crippen molar-refractivity contribution in [3.63, 3.8) is 0 Å². The predicted octanol–water partition coefficient (Wildman–Crippen LogP) is 4.95. The molecule has 168 valence electrons. The minimum absolute atomic E-state index is 0.237. The highest BCUT2D eigenvalue weighted by Crippen LogP contribution is 2.37. The second-order valence-electron chi connectivity index (χ2n) is 7.61. The summed E-state index contributed by atoms with van der Waals surface area (Å²) in [7, 11) is 0. The monoisotopic (exact) mass is 469 g/mol. The highest BCUT2D eigenvalue weighted by Gasteiger charge is 2.19. The molecule has 34 heavy (non-hydrogen) atoms. The number of aromatic nitrogens is 4. The van der Waals surface area contributed by atoms with E-state index in [0.717, 1.165) is 34.0 Å². The van der Waals surface area contributed by atoms with E-state index in [2.05, 4.69) is 10.3 Å². The average molecular weight is 470 g/mol. The van der Waals surface area contributed by atoms with Crippen LogP contribution in [0.2, 0.25) is 0 Å². The van der Waals surface area contributed by atoms with Gasteiger partial charge in [0, 0.05) is 10.9 Å². The maximum absolute atomic E-state index is 6.40. The van der Waals surface area contributed by atoms with Crippen LogP contribution in [0.1, 0.15) is 5.56 Å². The molecular formula is C25H19N5O3S. The Hall–Kier alpha value is -4.37. The van der Waals surface area contributed by atoms with Crippen LogP contribution in [-0.2, 0) is 6.61 Å². The van der Waals surface area contributed by atoms with Crippen molar-refractivity contribution in [2.45, 2.75) is 6.61 Å². The van der Waals surface area contributed by atoms with E-state index in [-0.39, 0.29) is 6.79 Å². The standard InChI is InChI=1S/C25H19N5O3S/c26-24-23(25-27-20(14-34-25)17-6-11-21-22(12-17)33-15-32-21)28-29-30(24)18-7-9-19(10-8-18)31-13-16-4-2-1-3-5-16/h1-12,14H,13,15,26H2. The van der Waals surface area contributed by atoms with Crippen molar-refractivity contribution in [1.29, 1.82) is 0 Å². The molecule has 0 fully saturated rings. The van der Waals surface area contributed by atoms with Gasteiger partial charge in [0.25, 0.3) is 0 Å². The normalized spacial score (nSPS) is 12.1. The number of nitrogens with zero attached hydrogens (tertiary/aromatic N) is 4. The molecular weight excluding hydrogens is 450 g/mol. The van der Waals surface area contributed by atoms with Crippen molar-refractivity contribution in [3.05, 3.63) is 83.7 Å². The lowest BCUT2D eigenvalue weighted by Crippen LogP contribution is -2.02. The predicted molar refractivity (Wildman–Crippen MR) is 129 cm³/mol. The van der Waals surface area contributed by atoms with Crippen LogP contribution in [0.4, 0.5) is 5.82 Å². The van der Waals surface area contributed by atoms with E-state index in [1.807, 2.05) is 78.2 Å². The van der Waals surface area contributed by atoms with E-state index in [4.69, 9.17) is 24.9 Å². The second-order valence-corrected chi connectivity index (χ2v) is 8.47. The Morgan fingerprint density at radius 1 is 0.971 bits per heavy atom. The Bertz CT molecular complexity index is 1450. The fourth-order valence-electron chi connectivity index (χ4n) is 3.63. The third-order valence-corrected chi connectivity index (χ3v) is 6.26. The Balaban J connectivity index is 1.20. The molecule has 0 amide bonds. The highest BCUT2D eigenvalue weighted by atomic mass is 32.1. The van der Waals surface area contributed by atoms with Gasteiger partial charge in [-0.25, -0.2) is 4.98 Å². The average Bonchev–Trinajstić information content (AvgIpc) is 3.63. The van der Waals surface area contributed by atoms with Crippen molar-refractivity contribution in [2.75, 3.05) is 12.5 Å². The van der Waals surface area contributed by atoms with Gasteiger partial charge in [0.1, 0.15) is 17.4 Å². The molecule has 0 bridgehead atoms. The number of hydrogen-bond donors (Lipinski definition) is 1. The smallest absolute Gasteiger partial charge is 0.231 e. The molecule has 2 N–H and O–H groups in total. The maximum Gasteiger partial charge on any atom is 0.231 e. The number of fused-ring (bicyclic) bond motifs is 1. The second kappa shape index (κ2) is 8.53. The molecule has 0 radical (unpaired) electrons. The minimum Gasteiger partial charge on any atom is -0.489 e. The number of thiazole rings is 1. The third kappa shape index (κ3) is 3.82. The summed E-state index contributed by atoms with van der Waals surface area (Å²) in [6.45, 7) is 0.742. The first kappa shape index (κ1) is 20.3. The van der Waals surface area contributed by atoms with Crippen molar-refractivity contribution in [3.8, 4) is 44.9 Å². The number of anilines is 1. The van der Waals surface area contributed by atoms with Crippen molar-refractivity contribution in [1.82, 2.24) is 20.0 Å². The maximum atomic E-state index is 6.40. The van der Waals surface area contributed by atoms with E-state index in [0.29, 0.717) is 28.9 Å². The van der Waals surface area contributed by atoms with Gasteiger partial charge in [-0.2, -0.15) is 4.68 Å². The lowest BCUT2D eigenvalue weighted by molar-refractivity contribution is 0.174. The van der Waals surface area contributed by atoms with Crippen LogP contribution in [0.25, 0.3) is 27.6 Å². The van der Waals surface area contributed by atoms with Gasteiger partial charge in [0.2, 0.25) is 6.79 Å². The summed E-state index contributed by atoms with van der Waals surface area (Å²) in [4.78, 5) is 4.72. The van der Waals surface area contributed by atoms with Crippen molar-refractivity contribution in [2.24, 2.45) is 0 Å². The topological polar surface area (TPSA) is 97.3 Å². The molecule has 2 aromatic heterocycles. The molecule has 6 rings (SSSR count). The quantitative estimate of drug-likeness (QED) is 0.376. The third-order valence-electron chi connectivity index (χ3n) is 5.41. The van der Waals surface area contributed by atoms with E-state index >= 15 is 0 Å². The van der Waals surface area contributed by atoms with E-state index in [1.165, 1.54) is 11.3 Å². The summed E-state index contributed by atoms with van der Waals surface area (Å²) in [5.41, 5.74) is 10.6. The zero-order valence-corrected chi connectivity index (χ0v) is 18.7. The number of nitrogens with two attached hydrogens (primary N) is 1. The van der Waals surface area contributed by atoms with Crippen LogP contribution in [0.3, 0.4) is 0 Å². The van der Waals surface area contributed by atoms with Gasteiger partial charge < -0.3 is 19.9 Å². The van der Waals surface area contributed by atoms with Crippen LogP contribution in [0.5, 0.6) is 17.2 Å². The van der Waals surface area contributed by atoms with Gasteiger partial charge in [-0.15, -0.1) is 16.4 Å². The van der Waals surface area contributed by atoms with Crippen molar-refractivity contribution >= 4 is 17.2 Å². The van der Waals surface area contributed by atoms with Gasteiger partial charge >= 0.3 is 0 Å². The lowest BCUT2D eigenvalue weighted by Gasteiger charge is -2.08. The van der Waals surface area contributed by atoms with E-state index in [1.54, 1.807) is 4.68 Å². The lowest BCUT2D eigenvalue weighted by atomic mass is 10.1. The first-order valence-electron chi connectivity index (χ1n) is 10.6. The molecule has 1 aliphatic rings. The highest BCUT2D eigenvalue weighted by molar-refractivity contribution is 7.13. The molecule has 3 heterocycles. The van der Waals surface area contributed by atoms with Gasteiger partial charge in [0.05, 0.1) is 11.4 Å². The summed E-state index contributed by atoms with van der Waals surface area (Å²) < 4.78 is 18.3. The summed E-state index contributed by atoms with van der Waals surface area (Å²) >= 11 is 1.46. The number of benzene rings is 3. The summed E-state index contributed by atoms with van der Waals surface area (Å²) in [6, 6.07) is 23.4. The first-order valence-corrected chi connectivity index (χ1v) is 11.5. The Labute approximate surface area is 199 Å². The Morgan fingerprint density at radius 2 is 1.79 bits per heavy atom. The molecule has 0 spiro atoms. The summed E-state index contributed by atoms with van der Waals surface area (Å²) in [5, 5.41) is 11.2. The van der Waals surface area contributed by atoms with Crippen LogP contribution in [0, 0.1) is 0 Å². The van der Waals surface area contributed by atoms with Crippen LogP contribution in [-0.4, -0.2) is 26.8 Å². The van der Waals surface area contributed by atoms with E-state index in [9.17, 15) is 0 Å². The molecule has 3 aromatic carbocycles. The van der Waals surface area contributed by atoms with Crippen LogP contribution < -0.4 is 19.9 Å². The molecule has 0 saturated heterocycles. The number of rotatable bonds is 6. The summed E-state index contributed by atoms with van der Waals surface area (Å²) in [5.74, 6) is 2.64. The largest absolute Gasteiger partial charge is 0.489 e. The Kier molecular flexibility index (Phi) is 5.08. The summed E-state index contributed by atoms with van der Waals surface area (Å²) in [6.07, 6.45) is 0. The van der Waals surface area contributed by atoms with Crippen molar-refractivity contribution < 1.29 is 14.2 Å². The van der Waals surface area contributed by atoms with Crippen LogP contribution in [0.15, 0.2) is 78.2 Å². The fourth-order valence-corrected chi connectivity index (χ4v) is 4.45. The zero-order valence-electron chi connectivity index (χ0n) is 17.9. The van der Waals surface area contributed by atoms with Gasteiger partial charge in [-0.1, -0.05) is 35.5 Å². The number of hydrogen-bond acceptors (Lipinski definition) is 8. The molecule has 0 unspecified atom stereocenters. The van der Waals surface area contributed by atoms with Crippen LogP contribution >= 0.6 is 11.3 Å². The fraction of sp³-hybridized carbons (Fsp3) is 0.0800. The molecule has 8 nitrogen and oxygen atoms in total. The zero-order chi connectivity index (χ0) is 22.9. The van der Waals surface area contributed by atoms with E-state index < -0.39 is 0 Å². The number of nitrogen functional groups attached to an aromatic ring is 1. The number of ether oxygens (including phenoxy) is 3. The SMILES string of the molecule is Nc1c(-c2nc(-c3ccc4c(c3)OCO4)cs2)nnn1-c1ccc(OCc2ccccc2)cc1. The molecule has 0 saturated carbocycles. The molecule has 0 aliphatic carbocycles. The molecule has 1 aliphatic heterocycles. The first-order chi connectivity index (χ1) is 16.7.